The molecule has 29 heavy (non-hydrogen) atoms. The highest BCUT2D eigenvalue weighted by Crippen LogP contribution is 2.40. The Morgan fingerprint density at radius 3 is 2.69 bits per heavy atom. The van der Waals surface area contributed by atoms with Crippen LogP contribution in [-0.2, 0) is 6.54 Å². The van der Waals surface area contributed by atoms with Gasteiger partial charge < -0.3 is 4.74 Å². The van der Waals surface area contributed by atoms with Crippen molar-refractivity contribution in [1.82, 2.24) is 9.99 Å². The number of aromatic nitrogens is 1. The van der Waals surface area contributed by atoms with Gasteiger partial charge in [0.1, 0.15) is 16.5 Å². The number of amidine groups is 1. The Balaban J connectivity index is 1.92. The molecule has 3 aromatic rings. The van der Waals surface area contributed by atoms with Gasteiger partial charge in [0.2, 0.25) is 0 Å². The van der Waals surface area contributed by atoms with Gasteiger partial charge in [-0.3, -0.25) is 4.98 Å². The number of aliphatic imine (C=N–C) groups is 1. The summed E-state index contributed by atoms with van der Waals surface area (Å²) in [5, 5.41) is 8.93. The topological polar surface area (TPSA) is 50.1 Å². The number of para-hydroxylation sites is 1. The van der Waals surface area contributed by atoms with Gasteiger partial charge in [-0.2, -0.15) is 5.10 Å². The SMILES string of the molecule is COc1ccccc1C1=NN(Cc2cccnc2)C(SC)=Nc2sc(C)c(C)c21. The summed E-state index contributed by atoms with van der Waals surface area (Å²) in [6.45, 7) is 4.87. The summed E-state index contributed by atoms with van der Waals surface area (Å²) in [4.78, 5) is 10.5. The number of thiophene rings is 1. The average Bonchev–Trinajstić information content (AvgIpc) is 2.93. The Labute approximate surface area is 179 Å². The van der Waals surface area contributed by atoms with Crippen molar-refractivity contribution >= 4 is 39.0 Å². The van der Waals surface area contributed by atoms with E-state index in [1.807, 2.05) is 41.7 Å². The van der Waals surface area contributed by atoms with Crippen LogP contribution >= 0.6 is 23.1 Å². The van der Waals surface area contributed by atoms with Gasteiger partial charge >= 0.3 is 0 Å². The lowest BCUT2D eigenvalue weighted by Gasteiger charge is -2.20. The largest absolute Gasteiger partial charge is 0.496 e. The highest BCUT2D eigenvalue weighted by Gasteiger charge is 2.27. The number of methoxy groups -OCH3 is 1. The quantitative estimate of drug-likeness (QED) is 0.566. The van der Waals surface area contributed by atoms with Crippen LogP contribution in [0.3, 0.4) is 0 Å². The average molecular weight is 423 g/mol. The molecule has 1 aliphatic rings. The number of benzene rings is 1. The number of fused-ring (bicyclic) bond motifs is 1. The number of nitrogens with zero attached hydrogens (tertiary/aromatic N) is 4. The maximum absolute atomic E-state index is 5.66. The molecule has 0 bridgehead atoms. The van der Waals surface area contributed by atoms with E-state index in [9.17, 15) is 0 Å². The molecule has 148 valence electrons. The van der Waals surface area contributed by atoms with Gasteiger partial charge in [0.15, 0.2) is 5.17 Å². The summed E-state index contributed by atoms with van der Waals surface area (Å²) in [5.74, 6) is 0.800. The highest BCUT2D eigenvalue weighted by molar-refractivity contribution is 8.13. The first-order valence-electron chi connectivity index (χ1n) is 9.23. The Bertz CT molecular complexity index is 1090. The first-order chi connectivity index (χ1) is 14.1. The monoisotopic (exact) mass is 422 g/mol. The molecule has 4 rings (SSSR count). The zero-order valence-corrected chi connectivity index (χ0v) is 18.5. The standard InChI is InChI=1S/C22H22N4OS2/c1-14-15(2)29-21-19(14)20(17-9-5-6-10-18(17)27-3)25-26(22(24-21)28-4)13-16-8-7-11-23-12-16/h5-12H,13H2,1-4H3. The van der Waals surface area contributed by atoms with Crippen LogP contribution < -0.4 is 4.74 Å². The molecule has 0 spiro atoms. The Morgan fingerprint density at radius 1 is 1.14 bits per heavy atom. The molecule has 2 aromatic heterocycles. The molecule has 0 fully saturated rings. The van der Waals surface area contributed by atoms with E-state index in [1.165, 1.54) is 10.4 Å². The molecule has 0 saturated heterocycles. The molecule has 5 nitrogen and oxygen atoms in total. The number of thioether (sulfide) groups is 1. The van der Waals surface area contributed by atoms with Crippen molar-refractivity contribution in [2.45, 2.75) is 20.4 Å². The van der Waals surface area contributed by atoms with Crippen LogP contribution in [0.2, 0.25) is 0 Å². The van der Waals surface area contributed by atoms with E-state index in [-0.39, 0.29) is 0 Å². The molecule has 0 atom stereocenters. The summed E-state index contributed by atoms with van der Waals surface area (Å²) in [5.41, 5.74) is 5.22. The minimum Gasteiger partial charge on any atom is -0.496 e. The van der Waals surface area contributed by atoms with Crippen molar-refractivity contribution in [3.8, 4) is 5.75 Å². The number of hydrogen-bond donors (Lipinski definition) is 0. The fourth-order valence-electron chi connectivity index (χ4n) is 3.27. The van der Waals surface area contributed by atoms with E-state index in [0.29, 0.717) is 6.54 Å². The predicted octanol–water partition coefficient (Wildman–Crippen LogP) is 5.39. The first-order valence-corrected chi connectivity index (χ1v) is 11.3. The van der Waals surface area contributed by atoms with Gasteiger partial charge in [-0.15, -0.1) is 11.3 Å². The van der Waals surface area contributed by atoms with E-state index in [2.05, 4.69) is 31.0 Å². The third kappa shape index (κ3) is 3.80. The van der Waals surface area contributed by atoms with Crippen molar-refractivity contribution in [2.75, 3.05) is 13.4 Å². The number of rotatable bonds is 4. The summed E-state index contributed by atoms with van der Waals surface area (Å²) in [7, 11) is 1.69. The van der Waals surface area contributed by atoms with Crippen LogP contribution in [0.1, 0.15) is 27.1 Å². The zero-order valence-electron chi connectivity index (χ0n) is 16.8. The molecule has 7 heteroatoms. The molecule has 0 unspecified atom stereocenters. The summed E-state index contributed by atoms with van der Waals surface area (Å²) < 4.78 is 5.66. The number of hydrogen-bond acceptors (Lipinski definition) is 7. The lowest BCUT2D eigenvalue weighted by atomic mass is 9.99. The van der Waals surface area contributed by atoms with Crippen LogP contribution in [0.5, 0.6) is 5.75 Å². The second-order valence-corrected chi connectivity index (χ2v) is 8.61. The van der Waals surface area contributed by atoms with Gasteiger partial charge in [-0.05, 0) is 49.4 Å². The Kier molecular flexibility index (Phi) is 5.69. The second-order valence-electron chi connectivity index (χ2n) is 6.63. The van der Waals surface area contributed by atoms with Crippen molar-refractivity contribution in [3.63, 3.8) is 0 Å². The Morgan fingerprint density at radius 2 is 1.97 bits per heavy atom. The molecule has 0 N–H and O–H groups in total. The van der Waals surface area contributed by atoms with Crippen LogP contribution in [0.25, 0.3) is 0 Å². The molecule has 0 radical (unpaired) electrons. The third-order valence-electron chi connectivity index (χ3n) is 4.84. The van der Waals surface area contributed by atoms with E-state index >= 15 is 0 Å². The first kappa shape index (κ1) is 19.7. The van der Waals surface area contributed by atoms with E-state index in [1.54, 1.807) is 36.4 Å². The van der Waals surface area contributed by atoms with Crippen molar-refractivity contribution in [3.05, 3.63) is 75.9 Å². The number of ether oxygens (including phenoxy) is 1. The van der Waals surface area contributed by atoms with Gasteiger partial charge in [-0.1, -0.05) is 30.0 Å². The fourth-order valence-corrected chi connectivity index (χ4v) is 4.86. The summed E-state index contributed by atoms with van der Waals surface area (Å²) >= 11 is 3.30. The molecular weight excluding hydrogens is 400 g/mol. The van der Waals surface area contributed by atoms with Crippen LogP contribution in [0, 0.1) is 13.8 Å². The molecule has 1 aromatic carbocycles. The molecule has 3 heterocycles. The minimum absolute atomic E-state index is 0.596. The van der Waals surface area contributed by atoms with Gasteiger partial charge in [0.05, 0.1) is 13.7 Å². The molecule has 0 amide bonds. The van der Waals surface area contributed by atoms with Gasteiger partial charge in [0, 0.05) is 28.4 Å². The van der Waals surface area contributed by atoms with E-state index < -0.39 is 0 Å². The molecule has 0 saturated carbocycles. The van der Waals surface area contributed by atoms with E-state index in [4.69, 9.17) is 14.8 Å². The number of hydrazone groups is 1. The Hall–Kier alpha value is -2.64. The minimum atomic E-state index is 0.596. The lowest BCUT2D eigenvalue weighted by molar-refractivity contribution is 0.413. The lowest BCUT2D eigenvalue weighted by Crippen LogP contribution is -2.24. The summed E-state index contributed by atoms with van der Waals surface area (Å²) in [6.07, 6.45) is 5.68. The summed E-state index contributed by atoms with van der Waals surface area (Å²) in [6, 6.07) is 12.0. The number of pyridine rings is 1. The normalized spacial score (nSPS) is 13.4. The molecular formula is C22H22N4OS2. The second kappa shape index (κ2) is 8.39. The van der Waals surface area contributed by atoms with E-state index in [0.717, 1.165) is 38.3 Å². The molecule has 0 aliphatic carbocycles. The molecule has 1 aliphatic heterocycles. The van der Waals surface area contributed by atoms with Crippen LogP contribution in [0.15, 0.2) is 58.9 Å². The van der Waals surface area contributed by atoms with Gasteiger partial charge in [-0.25, -0.2) is 10.0 Å². The van der Waals surface area contributed by atoms with Crippen molar-refractivity contribution in [1.29, 1.82) is 0 Å². The smallest absolute Gasteiger partial charge is 0.185 e. The van der Waals surface area contributed by atoms with Crippen molar-refractivity contribution in [2.24, 2.45) is 10.1 Å². The maximum atomic E-state index is 5.66. The fraction of sp³-hybridized carbons (Fsp3) is 0.227. The van der Waals surface area contributed by atoms with Crippen molar-refractivity contribution < 1.29 is 4.74 Å². The number of aryl methyl sites for hydroxylation is 1. The maximum Gasteiger partial charge on any atom is 0.185 e. The third-order valence-corrected chi connectivity index (χ3v) is 6.61. The van der Waals surface area contributed by atoms with Gasteiger partial charge in [0.25, 0.3) is 0 Å². The van der Waals surface area contributed by atoms with Crippen LogP contribution in [-0.4, -0.2) is 34.2 Å². The highest BCUT2D eigenvalue weighted by atomic mass is 32.2. The van der Waals surface area contributed by atoms with Crippen LogP contribution in [0.4, 0.5) is 5.00 Å². The zero-order chi connectivity index (χ0) is 20.4. The predicted molar refractivity (Wildman–Crippen MR) is 123 cm³/mol.